The Hall–Kier alpha value is -1.09. The van der Waals surface area contributed by atoms with Gasteiger partial charge in [0.15, 0.2) is 0 Å². The number of rotatable bonds is 2. The van der Waals surface area contributed by atoms with Gasteiger partial charge in [-0.2, -0.15) is 0 Å². The highest BCUT2D eigenvalue weighted by molar-refractivity contribution is 5.39. The van der Waals surface area contributed by atoms with Crippen molar-refractivity contribution in [3.63, 3.8) is 0 Å². The number of hydrogen-bond donors (Lipinski definition) is 1. The predicted molar refractivity (Wildman–Crippen MR) is 63.0 cm³/mol. The average Bonchev–Trinajstić information content (AvgIpc) is 2.30. The maximum absolute atomic E-state index is 5.88. The molecule has 1 aliphatic rings. The zero-order valence-electron chi connectivity index (χ0n) is 9.32. The Morgan fingerprint density at radius 2 is 2.13 bits per heavy atom. The molecule has 0 bridgehead atoms. The quantitative estimate of drug-likeness (QED) is 0.797. The minimum atomic E-state index is 0.385. The molecule has 1 aromatic heterocycles. The van der Waals surface area contributed by atoms with E-state index < -0.39 is 0 Å². The Bertz CT molecular complexity index is 316. The fraction of sp³-hybridized carbons (Fsp3) is 0.583. The maximum Gasteiger partial charge on any atom is 0.128 e. The first-order valence-electron chi connectivity index (χ1n) is 5.76. The SMILES string of the molecule is CCc1cccc(N2CCC(N)CC2)n1. The average molecular weight is 205 g/mol. The molecule has 1 aliphatic heterocycles. The monoisotopic (exact) mass is 205 g/mol. The molecule has 0 atom stereocenters. The molecule has 0 saturated carbocycles. The Labute approximate surface area is 91.3 Å². The van der Waals surface area contributed by atoms with Crippen LogP contribution < -0.4 is 10.6 Å². The van der Waals surface area contributed by atoms with E-state index in [-0.39, 0.29) is 0 Å². The van der Waals surface area contributed by atoms with Crippen LogP contribution in [0.2, 0.25) is 0 Å². The second-order valence-corrected chi connectivity index (χ2v) is 4.17. The fourth-order valence-electron chi connectivity index (χ4n) is 1.97. The van der Waals surface area contributed by atoms with Crippen molar-refractivity contribution in [3.8, 4) is 0 Å². The van der Waals surface area contributed by atoms with Crippen molar-refractivity contribution in [2.45, 2.75) is 32.2 Å². The molecule has 0 unspecified atom stereocenters. The van der Waals surface area contributed by atoms with E-state index in [0.29, 0.717) is 6.04 Å². The molecule has 1 aromatic rings. The van der Waals surface area contributed by atoms with Gasteiger partial charge in [0.1, 0.15) is 5.82 Å². The number of hydrogen-bond acceptors (Lipinski definition) is 3. The molecule has 3 nitrogen and oxygen atoms in total. The summed E-state index contributed by atoms with van der Waals surface area (Å²) in [6, 6.07) is 6.65. The smallest absolute Gasteiger partial charge is 0.128 e. The Morgan fingerprint density at radius 1 is 1.40 bits per heavy atom. The van der Waals surface area contributed by atoms with Crippen LogP contribution in [0.4, 0.5) is 5.82 Å². The maximum atomic E-state index is 5.88. The van der Waals surface area contributed by atoms with E-state index in [2.05, 4.69) is 35.0 Å². The standard InChI is InChI=1S/C12H19N3/c1-2-11-4-3-5-12(14-11)15-8-6-10(13)7-9-15/h3-5,10H,2,6-9,13H2,1H3. The van der Waals surface area contributed by atoms with E-state index in [1.54, 1.807) is 0 Å². The van der Waals surface area contributed by atoms with E-state index in [4.69, 9.17) is 5.73 Å². The summed E-state index contributed by atoms with van der Waals surface area (Å²) in [6.45, 7) is 4.22. The Kier molecular flexibility index (Phi) is 3.21. The van der Waals surface area contributed by atoms with Crippen LogP contribution in [0, 0.1) is 0 Å². The Morgan fingerprint density at radius 3 is 2.80 bits per heavy atom. The number of nitrogens with two attached hydrogens (primary N) is 1. The largest absolute Gasteiger partial charge is 0.356 e. The van der Waals surface area contributed by atoms with Crippen LogP contribution in [0.3, 0.4) is 0 Å². The number of nitrogens with zero attached hydrogens (tertiary/aromatic N) is 2. The summed E-state index contributed by atoms with van der Waals surface area (Å²) in [5.41, 5.74) is 7.05. The molecule has 3 heteroatoms. The number of aromatic nitrogens is 1. The van der Waals surface area contributed by atoms with Gasteiger partial charge in [-0.05, 0) is 31.4 Å². The molecule has 0 aliphatic carbocycles. The van der Waals surface area contributed by atoms with Gasteiger partial charge in [-0.1, -0.05) is 13.0 Å². The zero-order valence-corrected chi connectivity index (χ0v) is 9.32. The molecule has 0 aromatic carbocycles. The molecule has 2 N–H and O–H groups in total. The first kappa shape index (κ1) is 10.4. The second-order valence-electron chi connectivity index (χ2n) is 4.17. The zero-order chi connectivity index (χ0) is 10.7. The molecule has 1 saturated heterocycles. The molecule has 1 fully saturated rings. The molecular weight excluding hydrogens is 186 g/mol. The minimum absolute atomic E-state index is 0.385. The van der Waals surface area contributed by atoms with E-state index >= 15 is 0 Å². The highest BCUT2D eigenvalue weighted by Crippen LogP contribution is 2.17. The number of piperidine rings is 1. The molecule has 82 valence electrons. The van der Waals surface area contributed by atoms with Crippen molar-refractivity contribution in [3.05, 3.63) is 23.9 Å². The summed E-state index contributed by atoms with van der Waals surface area (Å²) < 4.78 is 0. The van der Waals surface area contributed by atoms with E-state index in [9.17, 15) is 0 Å². The third-order valence-corrected chi connectivity index (χ3v) is 3.02. The molecule has 2 heterocycles. The normalized spacial score (nSPS) is 18.1. The lowest BCUT2D eigenvalue weighted by atomic mass is 10.1. The lowest BCUT2D eigenvalue weighted by Crippen LogP contribution is -2.40. The van der Waals surface area contributed by atoms with Crippen LogP contribution in [-0.4, -0.2) is 24.1 Å². The second kappa shape index (κ2) is 4.62. The Balaban J connectivity index is 2.08. The molecular formula is C12H19N3. The van der Waals surface area contributed by atoms with Gasteiger partial charge < -0.3 is 10.6 Å². The van der Waals surface area contributed by atoms with Crippen molar-refractivity contribution in [1.29, 1.82) is 0 Å². The summed E-state index contributed by atoms with van der Waals surface area (Å²) in [5, 5.41) is 0. The van der Waals surface area contributed by atoms with Gasteiger partial charge in [0.25, 0.3) is 0 Å². The third kappa shape index (κ3) is 2.48. The van der Waals surface area contributed by atoms with Crippen LogP contribution in [-0.2, 0) is 6.42 Å². The summed E-state index contributed by atoms with van der Waals surface area (Å²) in [7, 11) is 0. The van der Waals surface area contributed by atoms with E-state index in [1.807, 2.05) is 0 Å². The van der Waals surface area contributed by atoms with Gasteiger partial charge in [0, 0.05) is 24.8 Å². The lowest BCUT2D eigenvalue weighted by molar-refractivity contribution is 0.498. The van der Waals surface area contributed by atoms with Crippen LogP contribution >= 0.6 is 0 Å². The van der Waals surface area contributed by atoms with Gasteiger partial charge in [0.2, 0.25) is 0 Å². The summed E-state index contributed by atoms with van der Waals surface area (Å²) >= 11 is 0. The van der Waals surface area contributed by atoms with Gasteiger partial charge >= 0.3 is 0 Å². The topological polar surface area (TPSA) is 42.1 Å². The highest BCUT2D eigenvalue weighted by atomic mass is 15.2. The first-order valence-corrected chi connectivity index (χ1v) is 5.76. The van der Waals surface area contributed by atoms with Crippen LogP contribution in [0.25, 0.3) is 0 Å². The highest BCUT2D eigenvalue weighted by Gasteiger charge is 2.16. The molecule has 2 rings (SSSR count). The molecule has 0 spiro atoms. The fourth-order valence-corrected chi connectivity index (χ4v) is 1.97. The number of anilines is 1. The molecule has 0 radical (unpaired) electrons. The summed E-state index contributed by atoms with van der Waals surface area (Å²) in [5.74, 6) is 1.11. The lowest BCUT2D eigenvalue weighted by Gasteiger charge is -2.31. The van der Waals surface area contributed by atoms with Crippen LogP contribution in [0.5, 0.6) is 0 Å². The first-order chi connectivity index (χ1) is 7.29. The predicted octanol–water partition coefficient (Wildman–Crippen LogP) is 1.57. The van der Waals surface area contributed by atoms with Crippen molar-refractivity contribution in [1.82, 2.24) is 4.98 Å². The molecule has 15 heavy (non-hydrogen) atoms. The van der Waals surface area contributed by atoms with Gasteiger partial charge in [-0.25, -0.2) is 4.98 Å². The van der Waals surface area contributed by atoms with Crippen molar-refractivity contribution in [2.75, 3.05) is 18.0 Å². The number of pyridine rings is 1. The summed E-state index contributed by atoms with van der Waals surface area (Å²) in [4.78, 5) is 6.96. The minimum Gasteiger partial charge on any atom is -0.356 e. The van der Waals surface area contributed by atoms with E-state index in [0.717, 1.165) is 38.2 Å². The van der Waals surface area contributed by atoms with Crippen molar-refractivity contribution >= 4 is 5.82 Å². The van der Waals surface area contributed by atoms with Crippen molar-refractivity contribution in [2.24, 2.45) is 5.73 Å². The van der Waals surface area contributed by atoms with Crippen LogP contribution in [0.15, 0.2) is 18.2 Å². The molecule has 0 amide bonds. The van der Waals surface area contributed by atoms with Crippen molar-refractivity contribution < 1.29 is 0 Å². The third-order valence-electron chi connectivity index (χ3n) is 3.02. The van der Waals surface area contributed by atoms with E-state index in [1.165, 1.54) is 5.69 Å². The van der Waals surface area contributed by atoms with Gasteiger partial charge in [-0.15, -0.1) is 0 Å². The summed E-state index contributed by atoms with van der Waals surface area (Å²) in [6.07, 6.45) is 3.16. The van der Waals surface area contributed by atoms with Crippen LogP contribution in [0.1, 0.15) is 25.5 Å². The number of aryl methyl sites for hydroxylation is 1. The van der Waals surface area contributed by atoms with Gasteiger partial charge in [-0.3, -0.25) is 0 Å². The van der Waals surface area contributed by atoms with Gasteiger partial charge in [0.05, 0.1) is 0 Å².